The molecule has 0 saturated heterocycles. The lowest BCUT2D eigenvalue weighted by atomic mass is 10.1. The van der Waals surface area contributed by atoms with E-state index in [2.05, 4.69) is 13.8 Å². The normalized spacial score (nSPS) is 14.9. The number of hydrogen-bond donors (Lipinski definition) is 3. The fourth-order valence-electron chi connectivity index (χ4n) is 3.22. The minimum Gasteiger partial charge on any atom is -0.391 e. The molecule has 0 rings (SSSR count). The minimum atomic E-state index is -0.720. The molecule has 170 valence electrons. The molecule has 0 heterocycles. The van der Waals surface area contributed by atoms with Gasteiger partial charge in [-0.1, -0.05) is 90.9 Å². The van der Waals surface area contributed by atoms with Crippen molar-refractivity contribution in [3.8, 4) is 0 Å². The van der Waals surface area contributed by atoms with Crippen LogP contribution in [0.25, 0.3) is 0 Å². The molecule has 5 heteroatoms. The Morgan fingerprint density at radius 2 is 0.786 bits per heavy atom. The van der Waals surface area contributed by atoms with Crippen LogP contribution >= 0.6 is 0 Å². The van der Waals surface area contributed by atoms with Gasteiger partial charge in [0.1, 0.15) is 6.10 Å². The van der Waals surface area contributed by atoms with E-state index < -0.39 is 18.3 Å². The maximum absolute atomic E-state index is 9.89. The highest BCUT2D eigenvalue weighted by Crippen LogP contribution is 2.10. The van der Waals surface area contributed by atoms with E-state index in [0.29, 0.717) is 0 Å². The summed E-state index contributed by atoms with van der Waals surface area (Å²) in [4.78, 5) is 0. The van der Waals surface area contributed by atoms with Gasteiger partial charge in [-0.2, -0.15) is 0 Å². The van der Waals surface area contributed by atoms with Gasteiger partial charge in [-0.25, -0.2) is 0 Å². The Morgan fingerprint density at radius 1 is 0.464 bits per heavy atom. The molecule has 2 atom stereocenters. The Kier molecular flexibility index (Phi) is 21.4. The van der Waals surface area contributed by atoms with E-state index in [-0.39, 0.29) is 26.4 Å². The quantitative estimate of drug-likeness (QED) is 0.230. The molecule has 28 heavy (non-hydrogen) atoms. The first-order valence-corrected chi connectivity index (χ1v) is 11.8. The van der Waals surface area contributed by atoms with E-state index in [1.165, 1.54) is 51.4 Å². The average molecular weight is 405 g/mol. The highest BCUT2D eigenvalue weighted by molar-refractivity contribution is 4.59. The third kappa shape index (κ3) is 20.5. The van der Waals surface area contributed by atoms with Crippen LogP contribution in [0.15, 0.2) is 0 Å². The van der Waals surface area contributed by atoms with Gasteiger partial charge in [0.25, 0.3) is 0 Å². The number of aliphatic hydroxyl groups excluding tert-OH is 3. The zero-order valence-corrected chi connectivity index (χ0v) is 18.6. The predicted molar refractivity (Wildman–Crippen MR) is 116 cm³/mol. The van der Waals surface area contributed by atoms with Crippen molar-refractivity contribution in [1.29, 1.82) is 0 Å². The molecule has 0 bridgehead atoms. The Morgan fingerprint density at radius 3 is 1.18 bits per heavy atom. The van der Waals surface area contributed by atoms with Gasteiger partial charge in [0.05, 0.1) is 38.6 Å². The van der Waals surface area contributed by atoms with Crippen molar-refractivity contribution in [3.05, 3.63) is 0 Å². The highest BCUT2D eigenvalue weighted by atomic mass is 16.5. The summed E-state index contributed by atoms with van der Waals surface area (Å²) < 4.78 is 10.8. The van der Waals surface area contributed by atoms with Gasteiger partial charge < -0.3 is 24.8 Å². The number of hydrogen-bond acceptors (Lipinski definition) is 5. The van der Waals surface area contributed by atoms with Crippen molar-refractivity contribution in [2.45, 2.75) is 122 Å². The van der Waals surface area contributed by atoms with Crippen LogP contribution in [0, 0.1) is 0 Å². The number of rotatable bonds is 22. The second kappa shape index (κ2) is 21.5. The highest BCUT2D eigenvalue weighted by Gasteiger charge is 2.10. The number of ether oxygens (including phenoxy) is 2. The monoisotopic (exact) mass is 404 g/mol. The lowest BCUT2D eigenvalue weighted by molar-refractivity contribution is -0.0540. The van der Waals surface area contributed by atoms with Crippen LogP contribution in [0.4, 0.5) is 0 Å². The van der Waals surface area contributed by atoms with Crippen molar-refractivity contribution >= 4 is 0 Å². The SMILES string of the molecule is CCCCCCCCC(O)COCC(O)COCC(O)CCCCCCCC. The molecule has 0 fully saturated rings. The van der Waals surface area contributed by atoms with Crippen LogP contribution in [-0.4, -0.2) is 60.1 Å². The summed E-state index contributed by atoms with van der Waals surface area (Å²) in [6, 6.07) is 0. The molecule has 0 aliphatic carbocycles. The van der Waals surface area contributed by atoms with E-state index in [0.717, 1.165) is 38.5 Å². The van der Waals surface area contributed by atoms with E-state index in [1.807, 2.05) is 0 Å². The van der Waals surface area contributed by atoms with E-state index in [9.17, 15) is 15.3 Å². The molecule has 0 amide bonds. The molecule has 5 nitrogen and oxygen atoms in total. The fraction of sp³-hybridized carbons (Fsp3) is 1.00. The molecule has 0 aromatic heterocycles. The Balaban J connectivity index is 3.42. The third-order valence-corrected chi connectivity index (χ3v) is 5.02. The summed E-state index contributed by atoms with van der Waals surface area (Å²) in [5.41, 5.74) is 0. The Hall–Kier alpha value is -0.200. The maximum atomic E-state index is 9.89. The molecule has 0 aliphatic rings. The maximum Gasteiger partial charge on any atom is 0.101 e. The smallest absolute Gasteiger partial charge is 0.101 e. The Bertz CT molecular complexity index is 273. The van der Waals surface area contributed by atoms with Crippen molar-refractivity contribution in [3.63, 3.8) is 0 Å². The van der Waals surface area contributed by atoms with E-state index in [1.54, 1.807) is 0 Å². The van der Waals surface area contributed by atoms with Gasteiger partial charge in [0.15, 0.2) is 0 Å². The topological polar surface area (TPSA) is 79.2 Å². The Labute approximate surface area is 173 Å². The van der Waals surface area contributed by atoms with Crippen molar-refractivity contribution in [2.24, 2.45) is 0 Å². The molecule has 0 aromatic rings. The molecular weight excluding hydrogens is 356 g/mol. The summed E-state index contributed by atoms with van der Waals surface area (Å²) in [6.07, 6.45) is 14.4. The average Bonchev–Trinajstić information content (AvgIpc) is 2.67. The van der Waals surface area contributed by atoms with Gasteiger partial charge in [0.2, 0.25) is 0 Å². The second-order valence-corrected chi connectivity index (χ2v) is 8.15. The minimum absolute atomic E-state index is 0.154. The van der Waals surface area contributed by atoms with Gasteiger partial charge in [-0.05, 0) is 12.8 Å². The molecule has 3 N–H and O–H groups in total. The van der Waals surface area contributed by atoms with Crippen molar-refractivity contribution in [1.82, 2.24) is 0 Å². The van der Waals surface area contributed by atoms with Crippen LogP contribution in [-0.2, 0) is 9.47 Å². The zero-order chi connectivity index (χ0) is 20.9. The van der Waals surface area contributed by atoms with Gasteiger partial charge >= 0.3 is 0 Å². The number of aliphatic hydroxyl groups is 3. The second-order valence-electron chi connectivity index (χ2n) is 8.15. The third-order valence-electron chi connectivity index (χ3n) is 5.02. The molecule has 2 unspecified atom stereocenters. The fourth-order valence-corrected chi connectivity index (χ4v) is 3.22. The van der Waals surface area contributed by atoms with Gasteiger partial charge in [-0.15, -0.1) is 0 Å². The van der Waals surface area contributed by atoms with Gasteiger partial charge in [0, 0.05) is 0 Å². The van der Waals surface area contributed by atoms with Crippen LogP contribution in [0.1, 0.15) is 104 Å². The largest absolute Gasteiger partial charge is 0.391 e. The van der Waals surface area contributed by atoms with E-state index in [4.69, 9.17) is 9.47 Å². The zero-order valence-electron chi connectivity index (χ0n) is 18.6. The first-order chi connectivity index (χ1) is 13.6. The van der Waals surface area contributed by atoms with Gasteiger partial charge in [-0.3, -0.25) is 0 Å². The first-order valence-electron chi connectivity index (χ1n) is 11.8. The van der Waals surface area contributed by atoms with Crippen LogP contribution < -0.4 is 0 Å². The predicted octanol–water partition coefficient (Wildman–Crippen LogP) is 4.60. The van der Waals surface area contributed by atoms with Crippen molar-refractivity contribution in [2.75, 3.05) is 26.4 Å². The molecule has 0 aliphatic heterocycles. The summed E-state index contributed by atoms with van der Waals surface area (Å²) in [6.45, 7) is 5.24. The van der Waals surface area contributed by atoms with E-state index >= 15 is 0 Å². The molecule has 0 aromatic carbocycles. The lowest BCUT2D eigenvalue weighted by Gasteiger charge is -2.16. The molecular formula is C23H48O5. The van der Waals surface area contributed by atoms with Crippen LogP contribution in [0.3, 0.4) is 0 Å². The summed E-state index contributed by atoms with van der Waals surface area (Å²) in [5.74, 6) is 0. The number of unbranched alkanes of at least 4 members (excludes halogenated alkanes) is 10. The van der Waals surface area contributed by atoms with Crippen molar-refractivity contribution < 1.29 is 24.8 Å². The summed E-state index contributed by atoms with van der Waals surface area (Å²) in [7, 11) is 0. The molecule has 0 saturated carbocycles. The molecule has 0 spiro atoms. The molecule has 0 radical (unpaired) electrons. The summed E-state index contributed by atoms with van der Waals surface area (Å²) >= 11 is 0. The van der Waals surface area contributed by atoms with Crippen LogP contribution in [0.2, 0.25) is 0 Å². The van der Waals surface area contributed by atoms with Crippen LogP contribution in [0.5, 0.6) is 0 Å². The first kappa shape index (κ1) is 27.8. The lowest BCUT2D eigenvalue weighted by Crippen LogP contribution is -2.27. The standard InChI is InChI=1S/C23H48O5/c1-3-5-7-9-11-13-15-21(24)17-27-19-23(26)20-28-18-22(25)16-14-12-10-8-6-4-2/h21-26H,3-20H2,1-2H3. The summed E-state index contributed by atoms with van der Waals surface area (Å²) in [5, 5.41) is 29.6.